The summed E-state index contributed by atoms with van der Waals surface area (Å²) in [5.74, 6) is 0. The first-order chi connectivity index (χ1) is 10.2. The summed E-state index contributed by atoms with van der Waals surface area (Å²) in [5.41, 5.74) is 3.13. The summed E-state index contributed by atoms with van der Waals surface area (Å²) in [5, 5.41) is 2.44. The molecule has 0 N–H and O–H groups in total. The van der Waals surface area contributed by atoms with Gasteiger partial charge in [0.25, 0.3) is 0 Å². The molecule has 2 nitrogen and oxygen atoms in total. The van der Waals surface area contributed by atoms with Crippen molar-refractivity contribution in [1.29, 1.82) is 0 Å². The van der Waals surface area contributed by atoms with Crippen molar-refractivity contribution in [3.8, 4) is 11.3 Å². The summed E-state index contributed by atoms with van der Waals surface area (Å²) in [7, 11) is 0. The van der Waals surface area contributed by atoms with Crippen molar-refractivity contribution in [1.82, 2.24) is 9.38 Å². The first-order valence-electron chi connectivity index (χ1n) is 6.55. The molecule has 0 aliphatic rings. The monoisotopic (exact) mass is 448 g/mol. The second kappa shape index (κ2) is 5.10. The predicted molar refractivity (Wildman–Crippen MR) is 98.6 cm³/mol. The van der Waals surface area contributed by atoms with Crippen molar-refractivity contribution in [2.24, 2.45) is 0 Å². The van der Waals surface area contributed by atoms with Crippen LogP contribution in [0.15, 0.2) is 65.3 Å². The Kier molecular flexibility index (Phi) is 3.23. The van der Waals surface area contributed by atoms with Gasteiger partial charge in [0.2, 0.25) is 0 Å². The molecule has 4 heteroatoms. The summed E-state index contributed by atoms with van der Waals surface area (Å²) in [4.78, 5) is 4.77. The van der Waals surface area contributed by atoms with Crippen LogP contribution in [0.3, 0.4) is 0 Å². The molecular formula is C17H10BrIN2. The summed E-state index contributed by atoms with van der Waals surface area (Å²) < 4.78 is 4.34. The highest BCUT2D eigenvalue weighted by molar-refractivity contribution is 14.1. The maximum Gasteiger partial charge on any atom is 0.138 e. The van der Waals surface area contributed by atoms with Crippen molar-refractivity contribution >= 4 is 54.9 Å². The molecule has 0 atom stereocenters. The van der Waals surface area contributed by atoms with E-state index in [1.165, 1.54) is 10.8 Å². The topological polar surface area (TPSA) is 17.3 Å². The number of imidazole rings is 1. The van der Waals surface area contributed by atoms with Gasteiger partial charge < -0.3 is 0 Å². The van der Waals surface area contributed by atoms with Crippen molar-refractivity contribution in [2.45, 2.75) is 0 Å². The molecule has 0 spiro atoms. The molecule has 102 valence electrons. The van der Waals surface area contributed by atoms with Gasteiger partial charge in [-0.3, -0.25) is 4.40 Å². The van der Waals surface area contributed by atoms with Crippen molar-refractivity contribution < 1.29 is 0 Å². The van der Waals surface area contributed by atoms with E-state index in [2.05, 4.69) is 79.3 Å². The molecular weight excluding hydrogens is 439 g/mol. The van der Waals surface area contributed by atoms with E-state index < -0.39 is 0 Å². The Morgan fingerprint density at radius 2 is 1.81 bits per heavy atom. The maximum atomic E-state index is 4.77. The molecule has 0 amide bonds. The van der Waals surface area contributed by atoms with Gasteiger partial charge in [0.15, 0.2) is 0 Å². The second-order valence-corrected chi connectivity index (χ2v) is 6.74. The van der Waals surface area contributed by atoms with Crippen molar-refractivity contribution in [3.05, 3.63) is 69.0 Å². The van der Waals surface area contributed by atoms with Gasteiger partial charge in [-0.05, 0) is 57.6 Å². The standard InChI is InChI=1S/C17H10BrIN2/c18-14-10-12(9-11-5-1-2-6-13(11)14)16-17(19)21-8-4-3-7-15(21)20-16/h1-10H. The number of hydrogen-bond acceptors (Lipinski definition) is 1. The van der Waals surface area contributed by atoms with Crippen LogP contribution in [0.5, 0.6) is 0 Å². The predicted octanol–water partition coefficient (Wildman–Crippen LogP) is 5.52. The third-order valence-corrected chi connectivity index (χ3v) is 5.24. The summed E-state index contributed by atoms with van der Waals surface area (Å²) >= 11 is 6.03. The molecule has 0 aliphatic heterocycles. The van der Waals surface area contributed by atoms with E-state index in [4.69, 9.17) is 4.98 Å². The first-order valence-corrected chi connectivity index (χ1v) is 8.42. The van der Waals surface area contributed by atoms with Gasteiger partial charge >= 0.3 is 0 Å². The zero-order chi connectivity index (χ0) is 14.4. The Balaban J connectivity index is 2.02. The van der Waals surface area contributed by atoms with Gasteiger partial charge in [-0.1, -0.05) is 46.3 Å². The van der Waals surface area contributed by atoms with Crippen LogP contribution in [0.25, 0.3) is 27.7 Å². The third-order valence-electron chi connectivity index (χ3n) is 3.56. The van der Waals surface area contributed by atoms with Crippen molar-refractivity contribution in [3.63, 3.8) is 0 Å². The van der Waals surface area contributed by atoms with E-state index in [1.54, 1.807) is 0 Å². The van der Waals surface area contributed by atoms with Gasteiger partial charge in [-0.25, -0.2) is 4.98 Å². The molecule has 4 aromatic rings. The van der Waals surface area contributed by atoms with Gasteiger partial charge in [-0.2, -0.15) is 0 Å². The minimum Gasteiger partial charge on any atom is -0.294 e. The highest BCUT2D eigenvalue weighted by atomic mass is 127. The molecule has 2 aromatic heterocycles. The number of fused-ring (bicyclic) bond motifs is 2. The Morgan fingerprint density at radius 3 is 2.67 bits per heavy atom. The molecule has 4 rings (SSSR count). The minimum atomic E-state index is 0.973. The summed E-state index contributed by atoms with van der Waals surface area (Å²) in [6.07, 6.45) is 2.05. The van der Waals surface area contributed by atoms with Crippen LogP contribution in [0.2, 0.25) is 0 Å². The lowest BCUT2D eigenvalue weighted by atomic mass is 10.1. The van der Waals surface area contributed by atoms with Crippen LogP contribution in [-0.2, 0) is 0 Å². The molecule has 0 saturated carbocycles. The van der Waals surface area contributed by atoms with Gasteiger partial charge in [0, 0.05) is 16.2 Å². The second-order valence-electron chi connectivity index (χ2n) is 4.86. The van der Waals surface area contributed by atoms with E-state index in [-0.39, 0.29) is 0 Å². The number of pyridine rings is 1. The SMILES string of the molecule is Brc1cc(-c2nc3ccccn3c2I)cc2ccccc12. The molecule has 0 aliphatic carbocycles. The number of benzene rings is 2. The number of aromatic nitrogens is 2. The van der Waals surface area contributed by atoms with E-state index in [0.717, 1.165) is 25.1 Å². The summed E-state index contributed by atoms with van der Waals surface area (Å²) in [6, 6.07) is 18.8. The fourth-order valence-corrected chi connectivity index (χ4v) is 4.00. The quantitative estimate of drug-likeness (QED) is 0.350. The Bertz CT molecular complexity index is 975. The van der Waals surface area contributed by atoms with Crippen LogP contribution in [0.4, 0.5) is 0 Å². The molecule has 0 unspecified atom stereocenters. The van der Waals surface area contributed by atoms with Crippen LogP contribution in [0, 0.1) is 3.70 Å². The fraction of sp³-hybridized carbons (Fsp3) is 0. The number of nitrogens with zero attached hydrogens (tertiary/aromatic N) is 2. The lowest BCUT2D eigenvalue weighted by Gasteiger charge is -2.05. The van der Waals surface area contributed by atoms with Gasteiger partial charge in [0.05, 0.1) is 0 Å². The highest BCUT2D eigenvalue weighted by Gasteiger charge is 2.13. The molecule has 0 radical (unpaired) electrons. The average molecular weight is 449 g/mol. The first kappa shape index (κ1) is 13.3. The number of rotatable bonds is 1. The molecule has 21 heavy (non-hydrogen) atoms. The summed E-state index contributed by atoms with van der Waals surface area (Å²) in [6.45, 7) is 0. The number of halogens is 2. The average Bonchev–Trinajstić information content (AvgIpc) is 2.85. The van der Waals surface area contributed by atoms with Gasteiger partial charge in [-0.15, -0.1) is 0 Å². The third kappa shape index (κ3) is 2.17. The highest BCUT2D eigenvalue weighted by Crippen LogP contribution is 2.33. The molecule has 2 aromatic carbocycles. The van der Waals surface area contributed by atoms with E-state index in [1.807, 2.05) is 24.4 Å². The zero-order valence-electron chi connectivity index (χ0n) is 10.9. The van der Waals surface area contributed by atoms with E-state index >= 15 is 0 Å². The Labute approximate surface area is 144 Å². The minimum absolute atomic E-state index is 0.973. The lowest BCUT2D eigenvalue weighted by molar-refractivity contribution is 1.15. The van der Waals surface area contributed by atoms with Crippen LogP contribution >= 0.6 is 38.5 Å². The Hall–Kier alpha value is -1.40. The Morgan fingerprint density at radius 1 is 1.00 bits per heavy atom. The molecule has 0 saturated heterocycles. The molecule has 0 bridgehead atoms. The molecule has 2 heterocycles. The van der Waals surface area contributed by atoms with Crippen LogP contribution < -0.4 is 0 Å². The van der Waals surface area contributed by atoms with E-state index in [0.29, 0.717) is 0 Å². The molecule has 0 fully saturated rings. The van der Waals surface area contributed by atoms with E-state index in [9.17, 15) is 0 Å². The normalized spacial score (nSPS) is 11.3. The number of hydrogen-bond donors (Lipinski definition) is 0. The van der Waals surface area contributed by atoms with Crippen LogP contribution in [-0.4, -0.2) is 9.38 Å². The maximum absolute atomic E-state index is 4.77. The van der Waals surface area contributed by atoms with Crippen molar-refractivity contribution in [2.75, 3.05) is 0 Å². The lowest BCUT2D eigenvalue weighted by Crippen LogP contribution is -1.86. The van der Waals surface area contributed by atoms with Gasteiger partial charge in [0.1, 0.15) is 15.0 Å². The zero-order valence-corrected chi connectivity index (χ0v) is 14.7. The van der Waals surface area contributed by atoms with Crippen LogP contribution in [0.1, 0.15) is 0 Å². The fourth-order valence-electron chi connectivity index (χ4n) is 2.55. The largest absolute Gasteiger partial charge is 0.294 e. The smallest absolute Gasteiger partial charge is 0.138 e.